The molecule has 1 saturated heterocycles. The lowest BCUT2D eigenvalue weighted by molar-refractivity contribution is -0.148. The predicted molar refractivity (Wildman–Crippen MR) is 131 cm³/mol. The summed E-state index contributed by atoms with van der Waals surface area (Å²) in [6.45, 7) is 7.35. The molecule has 4 saturated carbocycles. The smallest absolute Gasteiger partial charge is 0.232 e. The summed E-state index contributed by atoms with van der Waals surface area (Å²) in [7, 11) is 0. The second kappa shape index (κ2) is 7.77. The monoisotopic (exact) mass is 452 g/mol. The molecule has 5 fully saturated rings. The van der Waals surface area contributed by atoms with E-state index < -0.39 is 0 Å². The molecule has 0 aromatic heterocycles. The van der Waals surface area contributed by atoms with Crippen LogP contribution in [0.3, 0.4) is 0 Å². The zero-order chi connectivity index (χ0) is 22.1. The van der Waals surface area contributed by atoms with Gasteiger partial charge >= 0.3 is 0 Å². The number of nitrogens with zero attached hydrogens (tertiary/aromatic N) is 1. The lowest BCUT2D eigenvalue weighted by Gasteiger charge is -2.61. The summed E-state index contributed by atoms with van der Waals surface area (Å²) >= 11 is 1.73. The molecule has 7 atom stereocenters. The summed E-state index contributed by atoms with van der Waals surface area (Å²) < 4.78 is 2.22. The van der Waals surface area contributed by atoms with Gasteiger partial charge in [0.05, 0.1) is 0 Å². The molecule has 6 rings (SSSR count). The molecule has 5 aliphatic rings. The van der Waals surface area contributed by atoms with Crippen molar-refractivity contribution in [1.82, 2.24) is 9.62 Å². The van der Waals surface area contributed by atoms with Crippen LogP contribution in [0.15, 0.2) is 29.2 Å². The van der Waals surface area contributed by atoms with Gasteiger partial charge in [-0.05, 0) is 117 Å². The van der Waals surface area contributed by atoms with Crippen molar-refractivity contribution in [3.63, 3.8) is 0 Å². The van der Waals surface area contributed by atoms with E-state index in [9.17, 15) is 4.79 Å². The largest absolute Gasteiger partial charge is 0.311 e. The van der Waals surface area contributed by atoms with E-state index >= 15 is 0 Å². The molecule has 0 spiro atoms. The quantitative estimate of drug-likeness (QED) is 0.540. The number of hydrogen-bond acceptors (Lipinski definition) is 3. The average molecular weight is 453 g/mol. The van der Waals surface area contributed by atoms with E-state index in [1.807, 2.05) is 0 Å². The van der Waals surface area contributed by atoms with Gasteiger partial charge in [0, 0.05) is 29.4 Å². The second-order valence-electron chi connectivity index (χ2n) is 12.2. The van der Waals surface area contributed by atoms with Gasteiger partial charge in [-0.1, -0.05) is 32.0 Å². The van der Waals surface area contributed by atoms with Crippen LogP contribution in [0.1, 0.15) is 83.6 Å². The number of carbonyl (C=O) groups excluding carboxylic acids is 1. The number of rotatable bonds is 4. The lowest BCUT2D eigenvalue weighted by atomic mass is 9.47. The fraction of sp³-hybridized carbons (Fsp3) is 0.750. The van der Waals surface area contributed by atoms with Crippen LogP contribution in [0.5, 0.6) is 0 Å². The average Bonchev–Trinajstić information content (AvgIpc) is 3.53. The molecular formula is C28H40N2OS. The molecule has 4 heteroatoms. The summed E-state index contributed by atoms with van der Waals surface area (Å²) in [5.41, 5.74) is 2.04. The van der Waals surface area contributed by atoms with Gasteiger partial charge in [-0.2, -0.15) is 0 Å². The molecule has 0 bridgehead atoms. The number of amides is 1. The highest BCUT2D eigenvalue weighted by Gasteiger charge is 2.61. The van der Waals surface area contributed by atoms with Crippen molar-refractivity contribution in [2.75, 3.05) is 0 Å². The Balaban J connectivity index is 1.25. The van der Waals surface area contributed by atoms with E-state index in [0.717, 1.165) is 42.7 Å². The first-order valence-electron chi connectivity index (χ1n) is 13.2. The number of benzene rings is 1. The Morgan fingerprint density at radius 3 is 2.50 bits per heavy atom. The number of carbonyl (C=O) groups is 1. The first kappa shape index (κ1) is 21.5. The fourth-order valence-electron chi connectivity index (χ4n) is 8.52. The van der Waals surface area contributed by atoms with E-state index in [1.165, 1.54) is 61.8 Å². The van der Waals surface area contributed by atoms with E-state index in [-0.39, 0.29) is 5.41 Å². The summed E-state index contributed by atoms with van der Waals surface area (Å²) in [5.74, 6) is 2.88. The third kappa shape index (κ3) is 3.30. The predicted octanol–water partition coefficient (Wildman–Crippen LogP) is 6.36. The molecule has 32 heavy (non-hydrogen) atoms. The van der Waals surface area contributed by atoms with E-state index in [1.54, 1.807) is 11.9 Å². The highest BCUT2D eigenvalue weighted by atomic mass is 32.2. The number of fused-ring (bicyclic) bond motifs is 5. The van der Waals surface area contributed by atoms with Gasteiger partial charge in [-0.15, -0.1) is 0 Å². The molecule has 0 unspecified atom stereocenters. The van der Waals surface area contributed by atoms with Crippen molar-refractivity contribution in [2.45, 2.75) is 108 Å². The molecule has 1 aromatic carbocycles. The molecule has 1 aromatic rings. The zero-order valence-electron chi connectivity index (χ0n) is 20.1. The number of nitrogens with one attached hydrogen (secondary N) is 1. The van der Waals surface area contributed by atoms with Crippen LogP contribution in [0.25, 0.3) is 0 Å². The van der Waals surface area contributed by atoms with Crippen LogP contribution >= 0.6 is 11.9 Å². The SMILES string of the molecule is Cc1ccccc1SN1C(=O)CC[C@]2(C)[C@H]3CC[C@]4(C)[C@@H](NC5CC5)CC[C@H]4[C@@H]3CC[C@@H]12. The Bertz CT molecular complexity index is 899. The second-order valence-corrected chi connectivity index (χ2v) is 13.2. The zero-order valence-corrected chi connectivity index (χ0v) is 20.9. The van der Waals surface area contributed by atoms with Crippen molar-refractivity contribution in [3.05, 3.63) is 29.8 Å². The number of piperidine rings is 1. The highest BCUT2D eigenvalue weighted by molar-refractivity contribution is 7.97. The summed E-state index contributed by atoms with van der Waals surface area (Å²) in [6.07, 6.45) is 12.7. The summed E-state index contributed by atoms with van der Waals surface area (Å²) in [6, 6.07) is 10.5. The third-order valence-corrected chi connectivity index (χ3v) is 11.8. The molecule has 4 aliphatic carbocycles. The Hall–Kier alpha value is -1.00. The van der Waals surface area contributed by atoms with Crippen LogP contribution < -0.4 is 5.32 Å². The minimum Gasteiger partial charge on any atom is -0.311 e. The van der Waals surface area contributed by atoms with Crippen molar-refractivity contribution in [1.29, 1.82) is 0 Å². The summed E-state index contributed by atoms with van der Waals surface area (Å²) in [4.78, 5) is 14.4. The normalized spacial score (nSPS) is 43.5. The Morgan fingerprint density at radius 2 is 1.72 bits per heavy atom. The Morgan fingerprint density at radius 1 is 0.938 bits per heavy atom. The molecular weight excluding hydrogens is 412 g/mol. The minimum absolute atomic E-state index is 0.274. The van der Waals surface area contributed by atoms with Gasteiger partial charge < -0.3 is 5.32 Å². The van der Waals surface area contributed by atoms with Crippen LogP contribution in [0.4, 0.5) is 0 Å². The molecule has 1 aliphatic heterocycles. The van der Waals surface area contributed by atoms with E-state index in [2.05, 4.69) is 54.7 Å². The summed E-state index contributed by atoms with van der Waals surface area (Å²) in [5, 5.41) is 4.04. The Kier molecular flexibility index (Phi) is 5.22. The van der Waals surface area contributed by atoms with Gasteiger partial charge in [0.15, 0.2) is 0 Å². The molecule has 1 heterocycles. The number of hydrogen-bond donors (Lipinski definition) is 1. The Labute approximate surface area is 198 Å². The molecule has 3 nitrogen and oxygen atoms in total. The fourth-order valence-corrected chi connectivity index (χ4v) is 9.75. The topological polar surface area (TPSA) is 32.3 Å². The van der Waals surface area contributed by atoms with Gasteiger partial charge in [0.2, 0.25) is 5.91 Å². The molecule has 1 N–H and O–H groups in total. The van der Waals surface area contributed by atoms with E-state index in [0.29, 0.717) is 17.4 Å². The first-order chi connectivity index (χ1) is 15.4. The van der Waals surface area contributed by atoms with E-state index in [4.69, 9.17) is 0 Å². The van der Waals surface area contributed by atoms with Crippen molar-refractivity contribution in [3.8, 4) is 0 Å². The van der Waals surface area contributed by atoms with Gasteiger partial charge in [0.25, 0.3) is 0 Å². The maximum Gasteiger partial charge on any atom is 0.232 e. The van der Waals surface area contributed by atoms with Crippen molar-refractivity contribution >= 4 is 17.9 Å². The van der Waals surface area contributed by atoms with Crippen molar-refractivity contribution < 1.29 is 4.79 Å². The molecule has 174 valence electrons. The lowest BCUT2D eigenvalue weighted by Crippen LogP contribution is -2.61. The van der Waals surface area contributed by atoms with Crippen LogP contribution in [-0.4, -0.2) is 28.3 Å². The molecule has 0 radical (unpaired) electrons. The van der Waals surface area contributed by atoms with Crippen LogP contribution in [-0.2, 0) is 4.79 Å². The maximum absolute atomic E-state index is 13.1. The van der Waals surface area contributed by atoms with Gasteiger partial charge in [-0.25, -0.2) is 0 Å². The standard InChI is InChI=1S/C28H40N2OS/c1-18-6-4-5-7-23(18)32-30-25-13-10-20-21-11-12-24(29-19-8-9-19)27(21,2)16-14-22(20)28(25,3)17-15-26(30)31/h4-7,19-22,24-25,29H,8-17H2,1-3H3/t20-,21-,22-,24-,25+,27-,28+/m0/s1. The minimum atomic E-state index is 0.274. The molecule has 1 amide bonds. The van der Waals surface area contributed by atoms with Crippen molar-refractivity contribution in [2.24, 2.45) is 28.6 Å². The number of aryl methyl sites for hydroxylation is 1. The maximum atomic E-state index is 13.1. The van der Waals surface area contributed by atoms with Gasteiger partial charge in [0.1, 0.15) is 0 Å². The third-order valence-electron chi connectivity index (χ3n) is 10.5. The van der Waals surface area contributed by atoms with Crippen LogP contribution in [0.2, 0.25) is 0 Å². The first-order valence-corrected chi connectivity index (χ1v) is 14.0. The highest BCUT2D eigenvalue weighted by Crippen LogP contribution is 2.65. The van der Waals surface area contributed by atoms with Crippen LogP contribution in [0, 0.1) is 35.5 Å². The van der Waals surface area contributed by atoms with Gasteiger partial charge in [-0.3, -0.25) is 9.10 Å².